The zero-order chi connectivity index (χ0) is 9.47. The summed E-state index contributed by atoms with van der Waals surface area (Å²) in [6, 6.07) is -0.172. The monoisotopic (exact) mass is 182 g/mol. The lowest BCUT2D eigenvalue weighted by atomic mass is 9.85. The Kier molecular flexibility index (Phi) is 2.38. The number of rotatable bonds is 3. The molecule has 72 valence electrons. The summed E-state index contributed by atoms with van der Waals surface area (Å²) in [6.45, 7) is 0.579. The van der Waals surface area contributed by atoms with Crippen LogP contribution >= 0.6 is 0 Å². The molecule has 0 N–H and O–H groups in total. The van der Waals surface area contributed by atoms with Crippen LogP contribution in [0.5, 0.6) is 0 Å². The van der Waals surface area contributed by atoms with Crippen molar-refractivity contribution in [2.45, 2.75) is 30.5 Å². The van der Waals surface area contributed by atoms with Crippen LogP contribution < -0.4 is 0 Å². The highest BCUT2D eigenvalue weighted by Crippen LogP contribution is 2.48. The van der Waals surface area contributed by atoms with Gasteiger partial charge in [0.25, 0.3) is 0 Å². The predicted molar refractivity (Wildman–Crippen MR) is 48.8 cm³/mol. The molecule has 13 heavy (non-hydrogen) atoms. The molecule has 1 aliphatic carbocycles. The van der Waals surface area contributed by atoms with Crippen molar-refractivity contribution in [3.8, 4) is 0 Å². The van der Waals surface area contributed by atoms with Crippen molar-refractivity contribution in [2.24, 2.45) is 5.92 Å². The molecule has 2 aliphatic rings. The Morgan fingerprint density at radius 2 is 2.31 bits per heavy atom. The topological polar surface area (TPSA) is 27.7 Å². The van der Waals surface area contributed by atoms with Gasteiger partial charge in [0.05, 0.1) is 12.7 Å². The second kappa shape index (κ2) is 3.26. The van der Waals surface area contributed by atoms with Crippen LogP contribution in [0.15, 0.2) is 0 Å². The Balaban J connectivity index is 2.17. The van der Waals surface area contributed by atoms with Crippen LogP contribution in [0.3, 0.4) is 0 Å². The van der Waals surface area contributed by atoms with Crippen molar-refractivity contribution in [3.63, 3.8) is 0 Å². The van der Waals surface area contributed by atoms with Crippen LogP contribution in [0.2, 0.25) is 0 Å². The first-order valence-corrected chi connectivity index (χ1v) is 4.68. The molecule has 0 aromatic heterocycles. The van der Waals surface area contributed by atoms with E-state index in [0.29, 0.717) is 12.5 Å². The third-order valence-electron chi connectivity index (χ3n) is 3.24. The Labute approximate surface area is 80.1 Å². The summed E-state index contributed by atoms with van der Waals surface area (Å²) in [5, 5.41) is 0. The van der Waals surface area contributed by atoms with Gasteiger partial charge in [0, 0.05) is 26.1 Å². The van der Waals surface area contributed by atoms with Gasteiger partial charge in [-0.1, -0.05) is 0 Å². The third kappa shape index (κ3) is 1.23. The van der Waals surface area contributed by atoms with E-state index in [0.717, 1.165) is 12.8 Å². The Morgan fingerprint density at radius 1 is 1.54 bits per heavy atom. The van der Waals surface area contributed by atoms with Gasteiger partial charge in [-0.25, -0.2) is 0 Å². The molecule has 0 spiro atoms. The van der Waals surface area contributed by atoms with Crippen LogP contribution in [-0.4, -0.2) is 46.4 Å². The van der Waals surface area contributed by atoms with Crippen LogP contribution in [0.25, 0.3) is 0 Å². The molecule has 2 fully saturated rings. The minimum absolute atomic E-state index is 0.113. The zero-order valence-electron chi connectivity index (χ0n) is 8.16. The standard InChI is InChI=1S/C9H15BO3/c1-11-5-9-4-3-6(7(9)12-2)8(10)13-9/h6-8H,3-5H2,1-2H3/t6?,7?,8-,9-/m1/s1. The molecule has 0 amide bonds. The van der Waals surface area contributed by atoms with Crippen LogP contribution in [0.4, 0.5) is 0 Å². The molecule has 1 saturated heterocycles. The van der Waals surface area contributed by atoms with Gasteiger partial charge in [0.15, 0.2) is 0 Å². The van der Waals surface area contributed by atoms with E-state index in [9.17, 15) is 0 Å². The summed E-state index contributed by atoms with van der Waals surface area (Å²) >= 11 is 0. The average molecular weight is 182 g/mol. The van der Waals surface area contributed by atoms with Crippen molar-refractivity contribution >= 4 is 7.85 Å². The fourth-order valence-corrected chi connectivity index (χ4v) is 2.74. The number of fused-ring (bicyclic) bond motifs is 2. The average Bonchev–Trinajstić information content (AvgIpc) is 2.55. The van der Waals surface area contributed by atoms with E-state index in [1.54, 1.807) is 14.2 Å². The molecular weight excluding hydrogens is 167 g/mol. The fraction of sp³-hybridized carbons (Fsp3) is 1.00. The first-order chi connectivity index (χ1) is 6.23. The van der Waals surface area contributed by atoms with Gasteiger partial charge in [-0.2, -0.15) is 0 Å². The highest BCUT2D eigenvalue weighted by molar-refractivity contribution is 6.11. The maximum absolute atomic E-state index is 5.84. The second-order valence-electron chi connectivity index (χ2n) is 3.94. The van der Waals surface area contributed by atoms with Gasteiger partial charge in [-0.3, -0.25) is 0 Å². The maximum atomic E-state index is 5.84. The highest BCUT2D eigenvalue weighted by atomic mass is 16.6. The molecule has 1 saturated carbocycles. The number of ether oxygens (including phenoxy) is 3. The van der Waals surface area contributed by atoms with Gasteiger partial charge in [0.2, 0.25) is 0 Å². The van der Waals surface area contributed by atoms with Gasteiger partial charge >= 0.3 is 0 Å². The number of hydrogen-bond acceptors (Lipinski definition) is 3. The molecule has 3 nitrogen and oxygen atoms in total. The molecule has 0 aromatic rings. The second-order valence-corrected chi connectivity index (χ2v) is 3.94. The summed E-state index contributed by atoms with van der Waals surface area (Å²) in [5.74, 6) is 0.347. The summed E-state index contributed by atoms with van der Waals surface area (Å²) in [7, 11) is 9.24. The zero-order valence-corrected chi connectivity index (χ0v) is 8.16. The minimum atomic E-state index is -0.270. The molecule has 1 aliphatic heterocycles. The van der Waals surface area contributed by atoms with Crippen LogP contribution in [0, 0.1) is 5.92 Å². The molecule has 4 atom stereocenters. The van der Waals surface area contributed by atoms with E-state index in [2.05, 4.69) is 0 Å². The van der Waals surface area contributed by atoms with Gasteiger partial charge < -0.3 is 14.2 Å². The smallest absolute Gasteiger partial charge is 0.117 e. The van der Waals surface area contributed by atoms with Gasteiger partial charge in [-0.05, 0) is 12.8 Å². The summed E-state index contributed by atoms with van der Waals surface area (Å²) < 4.78 is 16.3. The molecule has 4 heteroatoms. The minimum Gasteiger partial charge on any atom is -0.382 e. The summed E-state index contributed by atoms with van der Waals surface area (Å²) in [5.41, 5.74) is -0.270. The predicted octanol–water partition coefficient (Wildman–Crippen LogP) is 0.321. The van der Waals surface area contributed by atoms with Crippen molar-refractivity contribution in [3.05, 3.63) is 0 Å². The molecular formula is C9H15BO3. The Bertz CT molecular complexity index is 199. The molecule has 2 unspecified atom stereocenters. The normalized spacial score (nSPS) is 48.6. The van der Waals surface area contributed by atoms with Crippen LogP contribution in [-0.2, 0) is 14.2 Å². The Morgan fingerprint density at radius 3 is 2.85 bits per heavy atom. The van der Waals surface area contributed by atoms with Crippen molar-refractivity contribution in [1.29, 1.82) is 0 Å². The van der Waals surface area contributed by atoms with E-state index >= 15 is 0 Å². The Hall–Kier alpha value is -0.0551. The van der Waals surface area contributed by atoms with E-state index in [-0.39, 0.29) is 17.7 Å². The lowest BCUT2D eigenvalue weighted by Gasteiger charge is -2.30. The summed E-state index contributed by atoms with van der Waals surface area (Å²) in [4.78, 5) is 0. The number of hydrogen-bond donors (Lipinski definition) is 0. The van der Waals surface area contributed by atoms with Crippen molar-refractivity contribution < 1.29 is 14.2 Å². The van der Waals surface area contributed by atoms with Crippen LogP contribution in [0.1, 0.15) is 12.8 Å². The SMILES string of the molecule is [B][C@@H]1O[C@@]2(COC)CCC1C2OC. The lowest BCUT2D eigenvalue weighted by molar-refractivity contribution is -0.114. The van der Waals surface area contributed by atoms with Crippen molar-refractivity contribution in [1.82, 2.24) is 0 Å². The fourth-order valence-electron chi connectivity index (χ4n) is 2.74. The number of methoxy groups -OCH3 is 2. The van der Waals surface area contributed by atoms with Gasteiger partial charge in [-0.15, -0.1) is 0 Å². The van der Waals surface area contributed by atoms with E-state index in [4.69, 9.17) is 22.1 Å². The first kappa shape index (κ1) is 9.50. The highest BCUT2D eigenvalue weighted by Gasteiger charge is 2.58. The van der Waals surface area contributed by atoms with E-state index in [1.807, 2.05) is 0 Å². The molecule has 2 rings (SSSR count). The molecule has 0 aromatic carbocycles. The first-order valence-electron chi connectivity index (χ1n) is 4.68. The third-order valence-corrected chi connectivity index (χ3v) is 3.24. The quantitative estimate of drug-likeness (QED) is 0.588. The summed E-state index contributed by atoms with van der Waals surface area (Å²) in [6.07, 6.45) is 2.20. The van der Waals surface area contributed by atoms with E-state index < -0.39 is 0 Å². The largest absolute Gasteiger partial charge is 0.382 e. The van der Waals surface area contributed by atoms with E-state index in [1.165, 1.54) is 0 Å². The molecule has 2 radical (unpaired) electrons. The van der Waals surface area contributed by atoms with Crippen molar-refractivity contribution in [2.75, 3.05) is 20.8 Å². The molecule has 1 heterocycles. The molecule has 2 bridgehead atoms. The lowest BCUT2D eigenvalue weighted by Crippen LogP contribution is -2.42. The van der Waals surface area contributed by atoms with Gasteiger partial charge in [0.1, 0.15) is 13.4 Å². The maximum Gasteiger partial charge on any atom is 0.117 e.